The molecule has 1 fully saturated rings. The van der Waals surface area contributed by atoms with Crippen LogP contribution in [0, 0.1) is 5.92 Å². The number of likely N-dealkylation sites (tertiary alicyclic amines) is 1. The van der Waals surface area contributed by atoms with Gasteiger partial charge < -0.3 is 20.1 Å². The SMILES string of the molecule is CN=C(NCCCCn1ccccc1=O)NCC1CC(=O)N(CCc2ccccc2)C1.I. The Morgan fingerprint density at radius 3 is 2.56 bits per heavy atom. The van der Waals surface area contributed by atoms with E-state index in [-0.39, 0.29) is 35.4 Å². The molecule has 3 rings (SSSR count). The summed E-state index contributed by atoms with van der Waals surface area (Å²) in [5.41, 5.74) is 1.30. The van der Waals surface area contributed by atoms with Gasteiger partial charge >= 0.3 is 0 Å². The number of hydrogen-bond acceptors (Lipinski definition) is 3. The number of pyridine rings is 1. The first kappa shape index (κ1) is 25.9. The van der Waals surface area contributed by atoms with Crippen LogP contribution in [0.4, 0.5) is 0 Å². The molecule has 0 radical (unpaired) electrons. The summed E-state index contributed by atoms with van der Waals surface area (Å²) in [4.78, 5) is 30.3. The van der Waals surface area contributed by atoms with Gasteiger partial charge in [0.1, 0.15) is 0 Å². The molecule has 1 unspecified atom stereocenters. The molecule has 32 heavy (non-hydrogen) atoms. The number of aryl methyl sites for hydroxylation is 1. The van der Waals surface area contributed by atoms with Crippen LogP contribution < -0.4 is 16.2 Å². The van der Waals surface area contributed by atoms with Crippen LogP contribution in [0.15, 0.2) is 64.5 Å². The van der Waals surface area contributed by atoms with Gasteiger partial charge in [0.05, 0.1) is 0 Å². The zero-order valence-electron chi connectivity index (χ0n) is 18.7. The number of unbranched alkanes of at least 4 members (excludes halogenated alkanes) is 1. The molecule has 1 aliphatic rings. The molecule has 1 atom stereocenters. The second-order valence-electron chi connectivity index (χ2n) is 7.96. The first-order valence-electron chi connectivity index (χ1n) is 11.1. The smallest absolute Gasteiger partial charge is 0.250 e. The third-order valence-electron chi connectivity index (χ3n) is 5.61. The van der Waals surface area contributed by atoms with Crippen LogP contribution in [0.2, 0.25) is 0 Å². The van der Waals surface area contributed by atoms with E-state index < -0.39 is 0 Å². The van der Waals surface area contributed by atoms with Gasteiger partial charge in [-0.3, -0.25) is 14.6 Å². The van der Waals surface area contributed by atoms with E-state index in [9.17, 15) is 9.59 Å². The minimum Gasteiger partial charge on any atom is -0.356 e. The summed E-state index contributed by atoms with van der Waals surface area (Å²) < 4.78 is 1.73. The number of rotatable bonds is 10. The fraction of sp³-hybridized carbons (Fsp3) is 0.458. The summed E-state index contributed by atoms with van der Waals surface area (Å²) in [6.45, 7) is 3.80. The third-order valence-corrected chi connectivity index (χ3v) is 5.61. The maximum absolute atomic E-state index is 12.3. The molecule has 0 bridgehead atoms. The molecule has 0 spiro atoms. The lowest BCUT2D eigenvalue weighted by atomic mass is 10.1. The molecule has 1 saturated heterocycles. The normalized spacial score (nSPS) is 16.0. The van der Waals surface area contributed by atoms with E-state index in [0.29, 0.717) is 12.3 Å². The second-order valence-corrected chi connectivity index (χ2v) is 7.96. The Morgan fingerprint density at radius 1 is 1.03 bits per heavy atom. The number of hydrogen-bond donors (Lipinski definition) is 2. The fourth-order valence-electron chi connectivity index (χ4n) is 3.84. The molecule has 2 N–H and O–H groups in total. The van der Waals surface area contributed by atoms with Crippen LogP contribution in [0.5, 0.6) is 0 Å². The lowest BCUT2D eigenvalue weighted by Crippen LogP contribution is -2.40. The topological polar surface area (TPSA) is 78.7 Å². The average Bonchev–Trinajstić information content (AvgIpc) is 3.15. The molecule has 0 saturated carbocycles. The molecule has 174 valence electrons. The number of aromatic nitrogens is 1. The van der Waals surface area contributed by atoms with Gasteiger partial charge in [-0.15, -0.1) is 24.0 Å². The van der Waals surface area contributed by atoms with Gasteiger partial charge in [0.25, 0.3) is 0 Å². The van der Waals surface area contributed by atoms with E-state index in [1.165, 1.54) is 5.56 Å². The van der Waals surface area contributed by atoms with E-state index in [1.54, 1.807) is 23.7 Å². The number of halogens is 1. The molecule has 7 nitrogen and oxygen atoms in total. The van der Waals surface area contributed by atoms with Crippen LogP contribution >= 0.6 is 24.0 Å². The highest BCUT2D eigenvalue weighted by molar-refractivity contribution is 14.0. The first-order valence-corrected chi connectivity index (χ1v) is 11.1. The van der Waals surface area contributed by atoms with Crippen LogP contribution in [-0.2, 0) is 17.8 Å². The number of carbonyl (C=O) groups is 1. The zero-order valence-corrected chi connectivity index (χ0v) is 21.0. The predicted molar refractivity (Wildman–Crippen MR) is 140 cm³/mol. The van der Waals surface area contributed by atoms with Gasteiger partial charge in [0.2, 0.25) is 11.5 Å². The molecule has 2 aromatic rings. The standard InChI is InChI=1S/C24H33N5O2.HI/c1-25-24(26-13-6-8-15-28-14-7-5-11-22(28)30)27-18-21-17-23(31)29(19-21)16-12-20-9-3-2-4-10-20;/h2-5,7,9-11,14,21H,6,8,12-13,15-19H2,1H3,(H2,25,26,27);1H. The lowest BCUT2D eigenvalue weighted by molar-refractivity contribution is -0.127. The molecule has 1 aromatic heterocycles. The highest BCUT2D eigenvalue weighted by Crippen LogP contribution is 2.17. The molecular formula is C24H34IN5O2. The molecule has 8 heteroatoms. The van der Waals surface area contributed by atoms with Crippen molar-refractivity contribution in [1.29, 1.82) is 0 Å². The number of aliphatic imine (C=N–C) groups is 1. The number of amides is 1. The van der Waals surface area contributed by atoms with E-state index in [4.69, 9.17) is 0 Å². The Morgan fingerprint density at radius 2 is 1.81 bits per heavy atom. The van der Waals surface area contributed by atoms with Crippen molar-refractivity contribution in [2.75, 3.05) is 33.2 Å². The van der Waals surface area contributed by atoms with Gasteiger partial charge in [-0.1, -0.05) is 36.4 Å². The number of nitrogens with one attached hydrogen (secondary N) is 2. The van der Waals surface area contributed by atoms with Crippen LogP contribution in [0.25, 0.3) is 0 Å². The minimum absolute atomic E-state index is 0. The van der Waals surface area contributed by atoms with Crippen molar-refractivity contribution in [3.63, 3.8) is 0 Å². The van der Waals surface area contributed by atoms with Gasteiger partial charge in [-0.25, -0.2) is 0 Å². The van der Waals surface area contributed by atoms with E-state index in [1.807, 2.05) is 35.4 Å². The maximum Gasteiger partial charge on any atom is 0.250 e. The summed E-state index contributed by atoms with van der Waals surface area (Å²) >= 11 is 0. The monoisotopic (exact) mass is 551 g/mol. The summed E-state index contributed by atoms with van der Waals surface area (Å²) in [5, 5.41) is 6.67. The number of carbonyl (C=O) groups excluding carboxylic acids is 1. The van der Waals surface area contributed by atoms with Crippen LogP contribution in [-0.4, -0.2) is 54.6 Å². The van der Waals surface area contributed by atoms with Crippen LogP contribution in [0.1, 0.15) is 24.8 Å². The summed E-state index contributed by atoms with van der Waals surface area (Å²) in [7, 11) is 1.75. The number of benzene rings is 1. The van der Waals surface area contributed by atoms with Crippen molar-refractivity contribution in [1.82, 2.24) is 20.1 Å². The Balaban J connectivity index is 0.00000363. The molecular weight excluding hydrogens is 517 g/mol. The molecule has 0 aliphatic carbocycles. The van der Waals surface area contributed by atoms with Crippen LogP contribution in [0.3, 0.4) is 0 Å². The van der Waals surface area contributed by atoms with E-state index in [0.717, 1.165) is 57.9 Å². The van der Waals surface area contributed by atoms with Crippen molar-refractivity contribution < 1.29 is 4.79 Å². The Kier molecular flexibility index (Phi) is 11.3. The van der Waals surface area contributed by atoms with E-state index >= 15 is 0 Å². The zero-order chi connectivity index (χ0) is 21.9. The molecule has 2 heterocycles. The first-order chi connectivity index (χ1) is 15.2. The highest BCUT2D eigenvalue weighted by atomic mass is 127. The minimum atomic E-state index is 0. The summed E-state index contributed by atoms with van der Waals surface area (Å²) in [5.74, 6) is 1.29. The lowest BCUT2D eigenvalue weighted by Gasteiger charge is -2.18. The van der Waals surface area contributed by atoms with Gasteiger partial charge in [-0.2, -0.15) is 0 Å². The average molecular weight is 551 g/mol. The van der Waals surface area contributed by atoms with E-state index in [2.05, 4.69) is 27.8 Å². The largest absolute Gasteiger partial charge is 0.356 e. The Bertz CT molecular complexity index is 916. The Hall–Kier alpha value is -2.36. The number of nitrogens with zero attached hydrogens (tertiary/aromatic N) is 3. The van der Waals surface area contributed by atoms with Gasteiger partial charge in [0, 0.05) is 64.4 Å². The molecule has 1 amide bonds. The van der Waals surface area contributed by atoms with Crippen molar-refractivity contribution in [3.05, 3.63) is 70.6 Å². The van der Waals surface area contributed by atoms with Gasteiger partial charge in [-0.05, 0) is 30.9 Å². The van der Waals surface area contributed by atoms with Crippen molar-refractivity contribution in [3.8, 4) is 0 Å². The maximum atomic E-state index is 12.3. The van der Waals surface area contributed by atoms with Crippen molar-refractivity contribution in [2.24, 2.45) is 10.9 Å². The third kappa shape index (κ3) is 8.29. The predicted octanol–water partition coefficient (Wildman–Crippen LogP) is 2.50. The van der Waals surface area contributed by atoms with Crippen molar-refractivity contribution in [2.45, 2.75) is 32.2 Å². The van der Waals surface area contributed by atoms with Crippen molar-refractivity contribution >= 4 is 35.8 Å². The highest BCUT2D eigenvalue weighted by Gasteiger charge is 2.29. The van der Waals surface area contributed by atoms with Gasteiger partial charge in [0.15, 0.2) is 5.96 Å². The number of guanidine groups is 1. The Labute approximate surface area is 207 Å². The summed E-state index contributed by atoms with van der Waals surface area (Å²) in [6, 6.07) is 15.5. The molecule has 1 aliphatic heterocycles. The second kappa shape index (κ2) is 13.9. The fourth-order valence-corrected chi connectivity index (χ4v) is 3.84. The molecule has 1 aromatic carbocycles. The summed E-state index contributed by atoms with van der Waals surface area (Å²) in [6.07, 6.45) is 5.16. The quantitative estimate of drug-likeness (QED) is 0.206.